The zero-order chi connectivity index (χ0) is 91.7. The lowest BCUT2D eigenvalue weighted by Gasteiger charge is -2.31. The number of aromatic nitrogens is 1. The standard InChI is InChI=1S/C68H44N2O3.C61H43N3O/c1-41-28-31-48-54(34-41)55-39-58-52-33-30-46(70(59-24-12-9-20-47(59)43-16-5-3-6-17-43)60-25-15-23-53-50-22-11-14-27-63(50)73-68(53)60)38-65(52)72-66-36-42(2)35-57(67(58)66)56(55)40-61(48)69(44-18-7-4-8-19-44)45-29-32-51-49-21-10-13-26-62(49)71-64(51)37-45;1-40-29-31-48-50(34-40)51-38-54-49-32-30-45(64(60-28-16-17-33-62-60)56-27-15-13-25-47(56)43-20-8-4-9-21-43)37-58(49)65-59-36-41(2)35-53(61(54)59)52(51)39-57(48)63(44-22-10-5-11-23-44)55-26-14-12-24-46(55)42-18-6-3-7-19-42/h3-40H,1-2H3;3-39H,1-2H3. The van der Waals surface area contributed by atoms with Gasteiger partial charge in [0.15, 0.2) is 5.58 Å². The first-order chi connectivity index (χ1) is 68.1. The molecule has 25 aromatic rings. The van der Waals surface area contributed by atoms with Crippen LogP contribution in [0.25, 0.3) is 164 Å². The van der Waals surface area contributed by atoms with Gasteiger partial charge in [0.2, 0.25) is 0 Å². The number of benzene rings is 22. The highest BCUT2D eigenvalue weighted by Crippen LogP contribution is 2.59. The van der Waals surface area contributed by atoms with E-state index in [2.05, 4.69) is 460 Å². The largest absolute Gasteiger partial charge is 0.456 e. The van der Waals surface area contributed by atoms with Gasteiger partial charge in [-0.2, -0.15) is 0 Å². The number of hydrogen-bond acceptors (Lipinski definition) is 9. The average Bonchev–Trinajstić information content (AvgIpc) is 0.898. The first-order valence-electron chi connectivity index (χ1n) is 47.1. The first kappa shape index (κ1) is 80.8. The van der Waals surface area contributed by atoms with E-state index in [4.69, 9.17) is 23.3 Å². The van der Waals surface area contributed by atoms with E-state index >= 15 is 0 Å². The van der Waals surface area contributed by atoms with Gasteiger partial charge in [-0.3, -0.25) is 4.90 Å². The molecule has 2 aliphatic rings. The second-order valence-electron chi connectivity index (χ2n) is 36.2. The number of hydrogen-bond donors (Lipinski definition) is 0. The summed E-state index contributed by atoms with van der Waals surface area (Å²) in [6.07, 6.45) is 1.85. The lowest BCUT2D eigenvalue weighted by atomic mass is 9.87. The van der Waals surface area contributed by atoms with Crippen molar-refractivity contribution in [1.29, 1.82) is 0 Å². The molecule has 0 unspecified atom stereocenters. The molecule has 0 amide bonds. The molecule has 0 spiro atoms. The summed E-state index contributed by atoms with van der Waals surface area (Å²) in [4.78, 5) is 14.3. The van der Waals surface area contributed by atoms with Gasteiger partial charge in [-0.05, 0) is 255 Å². The number of fused-ring (bicyclic) bond motifs is 18. The van der Waals surface area contributed by atoms with Crippen LogP contribution in [0.2, 0.25) is 0 Å². The maximum absolute atomic E-state index is 7.21. The fourth-order valence-corrected chi connectivity index (χ4v) is 21.5. The summed E-state index contributed by atoms with van der Waals surface area (Å²) < 4.78 is 27.6. The SMILES string of the molecule is Cc1ccc2c(N(c3ccccc3)c3ccc4c(c3)oc3ccccc34)cc3c4cc(C)cc5c4c(cc3c2c1)-c1ccc(N(c2ccccc2-c2ccccc2)c2cccc3c2oc2ccccc23)cc1O5.Cc1ccc2c(N(c3ccccc3)c3ccccc3-c3ccccc3)cc3c4cc(C)cc5c4c(cc3c2c1)-c1ccc(N(c2ccccn2)c2ccccc2-c2ccccc2)cc1O5. The average molecular weight is 1770 g/mol. The third kappa shape index (κ3) is 13.6. The lowest BCUT2D eigenvalue weighted by Crippen LogP contribution is -2.13. The summed E-state index contributed by atoms with van der Waals surface area (Å²) in [6, 6.07) is 161. The van der Waals surface area contributed by atoms with Crippen LogP contribution >= 0.6 is 0 Å². The third-order valence-corrected chi connectivity index (χ3v) is 27.6. The van der Waals surface area contributed by atoms with Crippen molar-refractivity contribution in [2.24, 2.45) is 0 Å². The molecule has 9 nitrogen and oxygen atoms in total. The molecule has 0 atom stereocenters. The summed E-state index contributed by atoms with van der Waals surface area (Å²) in [7, 11) is 0. The number of para-hydroxylation sites is 8. The summed E-state index contributed by atoms with van der Waals surface area (Å²) in [5.41, 5.74) is 30.7. The summed E-state index contributed by atoms with van der Waals surface area (Å²) in [5, 5.41) is 18.4. The van der Waals surface area contributed by atoms with E-state index in [-0.39, 0.29) is 0 Å². The predicted molar refractivity (Wildman–Crippen MR) is 575 cm³/mol. The Bertz CT molecular complexity index is 9220. The van der Waals surface area contributed by atoms with E-state index in [1.807, 2.05) is 42.6 Å². The maximum Gasteiger partial charge on any atom is 0.159 e. The summed E-state index contributed by atoms with van der Waals surface area (Å²) in [5.74, 6) is 4.13. The van der Waals surface area contributed by atoms with Crippen molar-refractivity contribution in [2.45, 2.75) is 27.7 Å². The quantitative estimate of drug-likeness (QED) is 0.0934. The Kier molecular flexibility index (Phi) is 19.3. The fraction of sp³-hybridized carbons (Fsp3) is 0.0310. The number of furan rings is 2. The van der Waals surface area contributed by atoms with Crippen molar-refractivity contribution in [3.8, 4) is 78.6 Å². The van der Waals surface area contributed by atoms with E-state index < -0.39 is 0 Å². The van der Waals surface area contributed by atoms with Crippen LogP contribution in [0.4, 0.5) is 68.4 Å². The van der Waals surface area contributed by atoms with Gasteiger partial charge in [0.25, 0.3) is 0 Å². The molecule has 0 aliphatic carbocycles. The third-order valence-electron chi connectivity index (χ3n) is 27.6. The molecule has 0 saturated heterocycles. The minimum absolute atomic E-state index is 0.795. The predicted octanol–water partition coefficient (Wildman–Crippen LogP) is 37.1. The molecule has 9 heteroatoms. The Morgan fingerprint density at radius 3 is 1.09 bits per heavy atom. The van der Waals surface area contributed by atoms with Crippen LogP contribution in [-0.2, 0) is 0 Å². The van der Waals surface area contributed by atoms with Crippen molar-refractivity contribution in [3.63, 3.8) is 0 Å². The lowest BCUT2D eigenvalue weighted by molar-refractivity contribution is 0.486. The zero-order valence-electron chi connectivity index (χ0n) is 76.2. The van der Waals surface area contributed by atoms with Crippen LogP contribution in [-0.4, -0.2) is 4.98 Å². The van der Waals surface area contributed by atoms with Crippen molar-refractivity contribution in [3.05, 3.63) is 477 Å². The Morgan fingerprint density at radius 2 is 0.565 bits per heavy atom. The number of ether oxygens (including phenoxy) is 2. The second kappa shape index (κ2) is 33.0. The molecule has 27 rings (SSSR count). The number of rotatable bonds is 15. The van der Waals surface area contributed by atoms with Gasteiger partial charge in [-0.25, -0.2) is 4.98 Å². The van der Waals surface area contributed by atoms with Gasteiger partial charge >= 0.3 is 0 Å². The topological polar surface area (TPSA) is 70.6 Å². The van der Waals surface area contributed by atoms with E-state index in [1.165, 1.54) is 60.0 Å². The van der Waals surface area contributed by atoms with Crippen LogP contribution < -0.4 is 29.1 Å². The smallest absolute Gasteiger partial charge is 0.159 e. The van der Waals surface area contributed by atoms with Gasteiger partial charge in [-0.15, -0.1) is 0 Å². The van der Waals surface area contributed by atoms with Crippen LogP contribution in [0.1, 0.15) is 22.3 Å². The van der Waals surface area contributed by atoms with Crippen LogP contribution in [0.3, 0.4) is 0 Å². The normalized spacial score (nSPS) is 11.9. The van der Waals surface area contributed by atoms with Gasteiger partial charge in [0.05, 0.1) is 45.5 Å². The first-order valence-corrected chi connectivity index (χ1v) is 47.1. The molecular weight excluding hydrogens is 1680 g/mol. The molecule has 652 valence electrons. The Labute approximate surface area is 798 Å². The molecule has 0 bridgehead atoms. The molecule has 138 heavy (non-hydrogen) atoms. The number of aryl methyl sites for hydroxylation is 4. The van der Waals surface area contributed by atoms with E-state index in [0.717, 1.165) is 218 Å². The number of nitrogens with zero attached hydrogens (tertiary/aromatic N) is 5. The Balaban J connectivity index is 0.000000144. The maximum atomic E-state index is 7.21. The molecule has 0 N–H and O–H groups in total. The molecule has 0 saturated carbocycles. The fourth-order valence-electron chi connectivity index (χ4n) is 21.5. The van der Waals surface area contributed by atoms with E-state index in [0.29, 0.717) is 0 Å². The highest BCUT2D eigenvalue weighted by molar-refractivity contribution is 6.29. The van der Waals surface area contributed by atoms with Crippen molar-refractivity contribution in [1.82, 2.24) is 4.98 Å². The molecule has 2 aliphatic heterocycles. The molecule has 0 fully saturated rings. The molecule has 22 aromatic carbocycles. The van der Waals surface area contributed by atoms with Crippen LogP contribution in [0.5, 0.6) is 23.0 Å². The minimum Gasteiger partial charge on any atom is -0.456 e. The van der Waals surface area contributed by atoms with E-state index in [1.54, 1.807) is 0 Å². The molecular formula is C129H87N5O4. The van der Waals surface area contributed by atoms with Gasteiger partial charge in [-0.1, -0.05) is 296 Å². The van der Waals surface area contributed by atoms with Gasteiger partial charge in [0.1, 0.15) is 45.6 Å². The van der Waals surface area contributed by atoms with Gasteiger partial charge < -0.3 is 33.0 Å². The summed E-state index contributed by atoms with van der Waals surface area (Å²) in [6.45, 7) is 8.73. The monoisotopic (exact) mass is 1770 g/mol. The highest BCUT2D eigenvalue weighted by atomic mass is 16.5. The van der Waals surface area contributed by atoms with Crippen LogP contribution in [0.15, 0.2) is 464 Å². The van der Waals surface area contributed by atoms with Crippen LogP contribution in [0, 0.1) is 27.7 Å². The molecule has 0 radical (unpaired) electrons. The van der Waals surface area contributed by atoms with Gasteiger partial charge in [0, 0.05) is 112 Å². The van der Waals surface area contributed by atoms with Crippen molar-refractivity contribution < 1.29 is 18.3 Å². The Morgan fingerprint density at radius 1 is 0.188 bits per heavy atom. The Hall–Kier alpha value is -18.1. The minimum atomic E-state index is 0.795. The van der Waals surface area contributed by atoms with Crippen molar-refractivity contribution in [2.75, 3.05) is 19.6 Å². The zero-order valence-corrected chi connectivity index (χ0v) is 76.2. The number of pyridine rings is 1. The second-order valence-corrected chi connectivity index (χ2v) is 36.2. The van der Waals surface area contributed by atoms with Crippen molar-refractivity contribution >= 4 is 177 Å². The molecule has 3 aromatic heterocycles. The highest BCUT2D eigenvalue weighted by Gasteiger charge is 2.33. The molecule has 5 heterocycles. The summed E-state index contributed by atoms with van der Waals surface area (Å²) >= 11 is 0. The number of anilines is 12. The van der Waals surface area contributed by atoms with E-state index in [9.17, 15) is 0 Å².